The van der Waals surface area contributed by atoms with E-state index >= 15 is 0 Å². The first-order valence-corrected chi connectivity index (χ1v) is 36.2. The molecule has 14 heteroatoms. The molecule has 8 aromatic carbocycles. The number of anilines is 3. The zero-order chi connectivity index (χ0) is 62.0. The summed E-state index contributed by atoms with van der Waals surface area (Å²) in [6, 6.07) is 65.0. The van der Waals surface area contributed by atoms with Gasteiger partial charge >= 0.3 is 5.65 Å². The van der Waals surface area contributed by atoms with Crippen LogP contribution in [0.1, 0.15) is 56.6 Å². The van der Waals surface area contributed by atoms with Crippen LogP contribution in [0, 0.1) is 0 Å². The van der Waals surface area contributed by atoms with Gasteiger partial charge in [0.2, 0.25) is 11.0 Å². The molecule has 16 rings (SSSR count). The minimum absolute atomic E-state index is 0.888. The van der Waals surface area contributed by atoms with Gasteiger partial charge in [-0.15, -0.1) is 0 Å². The number of allylic oxidation sites excluding steroid dienone is 6. The Kier molecular flexibility index (Phi) is 17.8. The maximum atomic E-state index is 4.94. The highest BCUT2D eigenvalue weighted by molar-refractivity contribution is 8.04. The van der Waals surface area contributed by atoms with Crippen LogP contribution in [0.25, 0.3) is 92.4 Å². The molecular formula is C77H69N8S6+3. The SMILES string of the molecule is CCN1C(=CC=Cc2sc3cc4ccccc4cc3[n+]2CC)Sc2cc3ccccc3cc21.CCN1C(=CC=Cc2sc3cc4ccccc4nc3[n+]2CC)Sc2cc3ccccc3nc21.CCN1C(=CC=Cc2sc3ccccc3[n+]2CC)Sc2ccccc21. The third kappa shape index (κ3) is 12.0. The summed E-state index contributed by atoms with van der Waals surface area (Å²) in [5.74, 6) is 1.06. The number of nitrogens with zero attached hydrogens (tertiary/aromatic N) is 8. The van der Waals surface area contributed by atoms with Gasteiger partial charge in [-0.25, -0.2) is 9.55 Å². The molecule has 91 heavy (non-hydrogen) atoms. The van der Waals surface area contributed by atoms with E-state index in [2.05, 4.69) is 294 Å². The molecule has 5 aromatic heterocycles. The lowest BCUT2D eigenvalue weighted by atomic mass is 10.1. The fraction of sp³-hybridized carbons (Fsp3) is 0.156. The van der Waals surface area contributed by atoms with E-state index < -0.39 is 0 Å². The summed E-state index contributed by atoms with van der Waals surface area (Å²) in [6.45, 7) is 18.9. The number of benzene rings is 8. The second kappa shape index (κ2) is 26.9. The summed E-state index contributed by atoms with van der Waals surface area (Å²) in [5.41, 5.74) is 8.42. The van der Waals surface area contributed by atoms with Crippen LogP contribution in [-0.2, 0) is 19.6 Å². The molecule has 0 atom stereocenters. The summed E-state index contributed by atoms with van der Waals surface area (Å²) in [4.78, 5) is 20.9. The van der Waals surface area contributed by atoms with Crippen LogP contribution in [0.3, 0.4) is 0 Å². The van der Waals surface area contributed by atoms with Gasteiger partial charge in [0, 0.05) is 64.5 Å². The van der Waals surface area contributed by atoms with E-state index in [1.807, 2.05) is 58.3 Å². The molecule has 8 nitrogen and oxygen atoms in total. The first-order valence-electron chi connectivity index (χ1n) is 31.3. The Hall–Kier alpha value is -8.34. The van der Waals surface area contributed by atoms with Gasteiger partial charge in [-0.05, 0) is 153 Å². The number of rotatable bonds is 12. The number of para-hydroxylation sites is 4. The Bertz CT molecular complexity index is 4880. The molecular weight excluding hydrogens is 1230 g/mol. The number of fused-ring (bicyclic) bond motifs is 10. The number of hydrogen-bond donors (Lipinski definition) is 0. The first-order chi connectivity index (χ1) is 44.8. The zero-order valence-electron chi connectivity index (χ0n) is 51.8. The van der Waals surface area contributed by atoms with Gasteiger partial charge in [0.25, 0.3) is 10.0 Å². The van der Waals surface area contributed by atoms with Crippen LogP contribution in [0.4, 0.5) is 17.2 Å². The van der Waals surface area contributed by atoms with Crippen LogP contribution in [-0.4, -0.2) is 29.6 Å². The first kappa shape index (κ1) is 60.2. The normalized spacial score (nSPS) is 15.1. The van der Waals surface area contributed by atoms with E-state index in [0.717, 1.165) is 61.8 Å². The van der Waals surface area contributed by atoms with Crippen molar-refractivity contribution >= 4 is 179 Å². The monoisotopic (exact) mass is 1300 g/mol. The number of aromatic nitrogens is 5. The third-order valence-corrected chi connectivity index (χ3v) is 23.3. The lowest BCUT2D eigenvalue weighted by Crippen LogP contribution is -2.34. The number of thiazole rings is 3. The van der Waals surface area contributed by atoms with Crippen molar-refractivity contribution in [1.82, 2.24) is 9.97 Å². The van der Waals surface area contributed by atoms with Crippen molar-refractivity contribution in [3.8, 4) is 0 Å². The average molecular weight is 1300 g/mol. The maximum absolute atomic E-state index is 4.94. The van der Waals surface area contributed by atoms with Crippen LogP contribution < -0.4 is 28.4 Å². The van der Waals surface area contributed by atoms with Crippen LogP contribution in [0.15, 0.2) is 248 Å². The van der Waals surface area contributed by atoms with Crippen molar-refractivity contribution in [3.63, 3.8) is 0 Å². The van der Waals surface area contributed by atoms with E-state index in [0.29, 0.717) is 0 Å². The van der Waals surface area contributed by atoms with E-state index in [1.54, 1.807) is 23.1 Å². The largest absolute Gasteiger partial charge is 0.342 e. The van der Waals surface area contributed by atoms with Crippen LogP contribution in [0.2, 0.25) is 0 Å². The van der Waals surface area contributed by atoms with Gasteiger partial charge in [0.1, 0.15) is 33.0 Å². The predicted molar refractivity (Wildman–Crippen MR) is 396 cm³/mol. The molecule has 0 saturated carbocycles. The molecule has 8 heterocycles. The molecule has 0 unspecified atom stereocenters. The summed E-state index contributed by atoms with van der Waals surface area (Å²) in [7, 11) is 0. The van der Waals surface area contributed by atoms with Crippen molar-refractivity contribution in [2.24, 2.45) is 0 Å². The number of aryl methyl sites for hydroxylation is 3. The average Bonchev–Trinajstić information content (AvgIpc) is 1.88. The fourth-order valence-corrected chi connectivity index (χ4v) is 19.1. The topological polar surface area (TPSA) is 47.1 Å². The molecule has 450 valence electrons. The van der Waals surface area contributed by atoms with Gasteiger partial charge in [-0.2, -0.15) is 9.13 Å². The summed E-state index contributed by atoms with van der Waals surface area (Å²) in [5, 5.41) is 15.2. The Morgan fingerprint density at radius 1 is 0.363 bits per heavy atom. The molecule has 0 N–H and O–H groups in total. The highest BCUT2D eigenvalue weighted by atomic mass is 32.2. The molecule has 0 fully saturated rings. The molecule has 0 radical (unpaired) electrons. The zero-order valence-corrected chi connectivity index (χ0v) is 56.7. The highest BCUT2D eigenvalue weighted by Gasteiger charge is 2.28. The molecule has 0 saturated heterocycles. The summed E-state index contributed by atoms with van der Waals surface area (Å²) >= 11 is 11.0. The molecule has 0 aliphatic carbocycles. The van der Waals surface area contributed by atoms with E-state index in [1.165, 1.54) is 114 Å². The van der Waals surface area contributed by atoms with Crippen molar-refractivity contribution in [3.05, 3.63) is 249 Å². The fourth-order valence-electron chi connectivity index (χ4n) is 12.2. The highest BCUT2D eigenvalue weighted by Crippen LogP contribution is 2.49. The number of pyridine rings is 2. The van der Waals surface area contributed by atoms with Gasteiger partial charge in [0.15, 0.2) is 10.5 Å². The predicted octanol–water partition coefficient (Wildman–Crippen LogP) is 20.5. The van der Waals surface area contributed by atoms with Crippen molar-refractivity contribution in [1.29, 1.82) is 0 Å². The molecule has 0 amide bonds. The van der Waals surface area contributed by atoms with Gasteiger partial charge < -0.3 is 14.7 Å². The summed E-state index contributed by atoms with van der Waals surface area (Å²) < 4.78 is 11.0. The van der Waals surface area contributed by atoms with E-state index in [-0.39, 0.29) is 0 Å². The van der Waals surface area contributed by atoms with Crippen LogP contribution >= 0.6 is 69.3 Å². The number of hydrogen-bond acceptors (Lipinski definition) is 11. The Morgan fingerprint density at radius 2 is 0.813 bits per heavy atom. The molecule has 13 aromatic rings. The smallest absolute Gasteiger partial charge is 0.335 e. The second-order valence-electron chi connectivity index (χ2n) is 22.0. The maximum Gasteiger partial charge on any atom is 0.342 e. The minimum Gasteiger partial charge on any atom is -0.335 e. The van der Waals surface area contributed by atoms with Crippen molar-refractivity contribution in [2.45, 2.75) is 75.9 Å². The van der Waals surface area contributed by atoms with E-state index in [4.69, 9.17) is 9.97 Å². The molecule has 3 aliphatic heterocycles. The van der Waals surface area contributed by atoms with Crippen molar-refractivity contribution < 1.29 is 13.7 Å². The second-order valence-corrected chi connectivity index (χ2v) is 28.3. The van der Waals surface area contributed by atoms with E-state index in [9.17, 15) is 0 Å². The summed E-state index contributed by atoms with van der Waals surface area (Å²) in [6.07, 6.45) is 20.0. The standard InChI is InChI=1S/C29H25N2S2.C27H23N4S2.C21H21N2S2/c1-3-30-24-16-20-10-5-7-12-22(20)18-26(24)32-28(30)14-9-15-29-31(4-2)25-17-21-11-6-8-13-23(21)19-27(25)33-29;1-3-30-24(32-22-16-18-10-5-7-12-20(18)28-26(22)30)14-9-15-25-31(4-2)27-23(33-25)17-19-11-6-8-13-21(19)29-27;1-3-22-16-10-5-7-12-18(16)24-20(22)14-9-15-21-23(4-2)17-11-6-8-13-19(17)25-21/h5-19H,3-4H2,1-2H3;5-17H,3-4H2,1-2H3;5-15H,3-4H2,1-2H3/q3*+1. The Labute approximate surface area is 556 Å². The quantitative estimate of drug-likeness (QED) is 0.112. The molecule has 3 aliphatic rings. The van der Waals surface area contributed by atoms with Gasteiger partial charge in [0.05, 0.1) is 43.4 Å². The molecule has 0 spiro atoms. The Balaban J connectivity index is 0.000000120. The number of thioether (sulfide) groups is 3. The lowest BCUT2D eigenvalue weighted by molar-refractivity contribution is -0.667. The van der Waals surface area contributed by atoms with Crippen molar-refractivity contribution in [2.75, 3.05) is 34.3 Å². The third-order valence-electron chi connectivity index (χ3n) is 16.6. The minimum atomic E-state index is 0.888. The van der Waals surface area contributed by atoms with Gasteiger partial charge in [-0.3, -0.25) is 0 Å². The molecule has 0 bridgehead atoms. The Morgan fingerprint density at radius 3 is 1.47 bits per heavy atom. The lowest BCUT2D eigenvalue weighted by Gasteiger charge is -2.18. The van der Waals surface area contributed by atoms with Gasteiger partial charge in [-0.1, -0.05) is 197 Å². The van der Waals surface area contributed by atoms with Crippen LogP contribution in [0.5, 0.6) is 0 Å².